The molecule has 12 heteroatoms. The number of anilines is 1. The summed E-state index contributed by atoms with van der Waals surface area (Å²) in [6, 6.07) is 5.52. The molecule has 0 amide bonds. The maximum Gasteiger partial charge on any atom is 0.433 e. The zero-order valence-corrected chi connectivity index (χ0v) is 20.5. The first-order valence-corrected chi connectivity index (χ1v) is 12.6. The number of ether oxygens (including phenoxy) is 1. The summed E-state index contributed by atoms with van der Waals surface area (Å²) in [5, 5.41) is 15.2. The standard InChI is InChI=1S/C26H25FN6O5/c1-2-37-26(34)22-13-3-5-14(6-4-13)23(22)31-20-10-18(19-7-8-21(38-19)33(35)36)30-25(32-20)17-12-29-24-16(17)9-15(27)11-28-24/h7-14,22-23H,2-6H2,1H3,(H,28,29)(H,30,31,32)/t13?,14?,22-,23-/m0/s1. The molecule has 0 unspecified atom stereocenters. The number of hydrogen-bond donors (Lipinski definition) is 2. The van der Waals surface area contributed by atoms with E-state index in [1.54, 1.807) is 19.2 Å². The van der Waals surface area contributed by atoms with Crippen LogP contribution in [0.5, 0.6) is 0 Å². The summed E-state index contributed by atoms with van der Waals surface area (Å²) in [6.45, 7) is 2.11. The Morgan fingerprint density at radius 2 is 2.03 bits per heavy atom. The van der Waals surface area contributed by atoms with Crippen LogP contribution in [0.1, 0.15) is 32.6 Å². The number of aromatic amines is 1. The fraction of sp³-hybridized carbons (Fsp3) is 0.385. The van der Waals surface area contributed by atoms with E-state index in [1.807, 2.05) is 0 Å². The molecule has 4 aromatic rings. The number of H-pyrrole nitrogens is 1. The molecule has 0 radical (unpaired) electrons. The van der Waals surface area contributed by atoms with Crippen molar-refractivity contribution in [2.24, 2.45) is 17.8 Å². The average molecular weight is 521 g/mol. The lowest BCUT2D eigenvalue weighted by Crippen LogP contribution is -2.52. The van der Waals surface area contributed by atoms with Gasteiger partial charge in [0.2, 0.25) is 0 Å². The Balaban J connectivity index is 1.44. The molecular weight excluding hydrogens is 495 g/mol. The van der Waals surface area contributed by atoms with Crippen LogP contribution in [-0.4, -0.2) is 43.5 Å². The molecule has 0 spiro atoms. The zero-order valence-electron chi connectivity index (χ0n) is 20.5. The highest BCUT2D eigenvalue weighted by Crippen LogP contribution is 2.47. The summed E-state index contributed by atoms with van der Waals surface area (Å²) < 4.78 is 24.9. The Kier molecular flexibility index (Phi) is 6.01. The molecule has 0 aliphatic heterocycles. The van der Waals surface area contributed by atoms with E-state index in [0.717, 1.165) is 31.9 Å². The number of fused-ring (bicyclic) bond motifs is 4. The summed E-state index contributed by atoms with van der Waals surface area (Å²) in [5.41, 5.74) is 1.27. The van der Waals surface area contributed by atoms with Crippen molar-refractivity contribution < 1.29 is 23.3 Å². The van der Waals surface area contributed by atoms with Gasteiger partial charge in [-0.3, -0.25) is 14.9 Å². The number of carbonyl (C=O) groups is 1. The van der Waals surface area contributed by atoms with Crippen molar-refractivity contribution in [1.29, 1.82) is 0 Å². The molecule has 0 saturated heterocycles. The minimum Gasteiger partial charge on any atom is -0.466 e. The van der Waals surface area contributed by atoms with Gasteiger partial charge >= 0.3 is 11.9 Å². The molecule has 3 saturated carbocycles. The highest BCUT2D eigenvalue weighted by atomic mass is 19.1. The number of pyridine rings is 1. The molecule has 2 N–H and O–H groups in total. The molecule has 196 valence electrons. The van der Waals surface area contributed by atoms with Crippen LogP contribution in [0.2, 0.25) is 0 Å². The first kappa shape index (κ1) is 24.0. The van der Waals surface area contributed by atoms with Gasteiger partial charge in [0, 0.05) is 29.3 Å². The maximum atomic E-state index is 14.0. The summed E-state index contributed by atoms with van der Waals surface area (Å²) in [5.74, 6) is -0.0927. The molecule has 4 aromatic heterocycles. The van der Waals surface area contributed by atoms with Crippen LogP contribution < -0.4 is 5.32 Å². The SMILES string of the molecule is CCOC(=O)[C@H]1C2CCC(CC2)[C@@H]1Nc1cc(-c2ccc([N+](=O)[O-])o2)nc(-c2c[nH]c3ncc(F)cc23)n1. The van der Waals surface area contributed by atoms with Gasteiger partial charge in [-0.05, 0) is 56.6 Å². The van der Waals surface area contributed by atoms with Gasteiger partial charge in [-0.15, -0.1) is 0 Å². The predicted molar refractivity (Wildman–Crippen MR) is 134 cm³/mol. The van der Waals surface area contributed by atoms with Crippen molar-refractivity contribution >= 4 is 28.7 Å². The fourth-order valence-electron chi connectivity index (χ4n) is 5.90. The van der Waals surface area contributed by atoms with Crippen LogP contribution in [0.4, 0.5) is 16.1 Å². The Morgan fingerprint density at radius 1 is 1.24 bits per heavy atom. The van der Waals surface area contributed by atoms with Crippen molar-refractivity contribution in [1.82, 2.24) is 19.9 Å². The number of halogens is 1. The third kappa shape index (κ3) is 4.25. The largest absolute Gasteiger partial charge is 0.466 e. The maximum absolute atomic E-state index is 14.0. The van der Waals surface area contributed by atoms with Gasteiger partial charge < -0.3 is 19.5 Å². The summed E-state index contributed by atoms with van der Waals surface area (Å²) in [7, 11) is 0. The second-order valence-corrected chi connectivity index (χ2v) is 9.73. The van der Waals surface area contributed by atoms with Gasteiger partial charge in [0.1, 0.15) is 27.9 Å². The monoisotopic (exact) mass is 520 g/mol. The second kappa shape index (κ2) is 9.51. The molecule has 3 aliphatic carbocycles. The van der Waals surface area contributed by atoms with E-state index in [-0.39, 0.29) is 41.3 Å². The summed E-state index contributed by atoms with van der Waals surface area (Å²) in [6.07, 6.45) is 6.71. The van der Waals surface area contributed by atoms with Gasteiger partial charge in [0.15, 0.2) is 11.6 Å². The lowest BCUT2D eigenvalue weighted by atomic mass is 9.61. The van der Waals surface area contributed by atoms with Crippen LogP contribution in [0.25, 0.3) is 33.9 Å². The Bertz CT molecular complexity index is 1530. The zero-order chi connectivity index (χ0) is 26.4. The quantitative estimate of drug-likeness (QED) is 0.193. The van der Waals surface area contributed by atoms with Crippen LogP contribution in [-0.2, 0) is 9.53 Å². The first-order valence-electron chi connectivity index (χ1n) is 12.6. The molecule has 7 rings (SSSR count). The van der Waals surface area contributed by atoms with Gasteiger partial charge in [0.05, 0.1) is 24.8 Å². The second-order valence-electron chi connectivity index (χ2n) is 9.73. The normalized spacial score (nSPS) is 22.5. The number of esters is 1. The summed E-state index contributed by atoms with van der Waals surface area (Å²) in [4.78, 5) is 39.9. The number of nitrogens with one attached hydrogen (secondary N) is 2. The van der Waals surface area contributed by atoms with Crippen LogP contribution in [0.3, 0.4) is 0 Å². The number of nitrogens with zero attached hydrogens (tertiary/aromatic N) is 4. The Morgan fingerprint density at radius 3 is 2.76 bits per heavy atom. The minimum atomic E-state index is -0.623. The lowest BCUT2D eigenvalue weighted by molar-refractivity contribution is -0.401. The molecule has 4 heterocycles. The van der Waals surface area contributed by atoms with E-state index in [4.69, 9.17) is 14.1 Å². The lowest BCUT2D eigenvalue weighted by Gasteiger charge is -2.47. The third-order valence-corrected chi connectivity index (χ3v) is 7.58. The Hall–Kier alpha value is -4.35. The molecule has 2 atom stereocenters. The van der Waals surface area contributed by atoms with E-state index >= 15 is 0 Å². The molecule has 38 heavy (non-hydrogen) atoms. The van der Waals surface area contributed by atoms with Gasteiger partial charge in [-0.25, -0.2) is 19.3 Å². The highest BCUT2D eigenvalue weighted by Gasteiger charge is 2.48. The van der Waals surface area contributed by atoms with E-state index in [9.17, 15) is 19.3 Å². The average Bonchev–Trinajstić information content (AvgIpc) is 3.57. The van der Waals surface area contributed by atoms with Gasteiger partial charge in [-0.1, -0.05) is 0 Å². The smallest absolute Gasteiger partial charge is 0.433 e. The molecule has 3 fully saturated rings. The van der Waals surface area contributed by atoms with Crippen molar-refractivity contribution in [3.63, 3.8) is 0 Å². The molecule has 0 aromatic carbocycles. The van der Waals surface area contributed by atoms with Gasteiger partial charge in [0.25, 0.3) is 0 Å². The molecule has 3 aliphatic rings. The van der Waals surface area contributed by atoms with Crippen LogP contribution in [0, 0.1) is 33.7 Å². The third-order valence-electron chi connectivity index (χ3n) is 7.58. The molecular formula is C26H25FN6O5. The van der Waals surface area contributed by atoms with E-state index < -0.39 is 16.6 Å². The number of rotatable bonds is 7. The molecule has 2 bridgehead atoms. The number of carbonyl (C=O) groups excluding carboxylic acids is 1. The topological polar surface area (TPSA) is 149 Å². The van der Waals surface area contributed by atoms with Gasteiger partial charge in [-0.2, -0.15) is 0 Å². The van der Waals surface area contributed by atoms with Crippen molar-refractivity contribution in [3.05, 3.63) is 52.6 Å². The number of furan rings is 1. The van der Waals surface area contributed by atoms with E-state index in [2.05, 4.69) is 20.3 Å². The van der Waals surface area contributed by atoms with Crippen LogP contribution in [0.15, 0.2) is 41.1 Å². The Labute approximate surface area is 216 Å². The van der Waals surface area contributed by atoms with E-state index in [0.29, 0.717) is 34.7 Å². The highest BCUT2D eigenvalue weighted by molar-refractivity contribution is 5.92. The van der Waals surface area contributed by atoms with Crippen LogP contribution >= 0.6 is 0 Å². The molecule has 11 nitrogen and oxygen atoms in total. The first-order chi connectivity index (χ1) is 18.4. The number of aromatic nitrogens is 4. The fourth-order valence-corrected chi connectivity index (χ4v) is 5.90. The van der Waals surface area contributed by atoms with Crippen molar-refractivity contribution in [3.8, 4) is 22.8 Å². The summed E-state index contributed by atoms with van der Waals surface area (Å²) >= 11 is 0. The van der Waals surface area contributed by atoms with Crippen molar-refractivity contribution in [2.75, 3.05) is 11.9 Å². The predicted octanol–water partition coefficient (Wildman–Crippen LogP) is 5.11. The minimum absolute atomic E-state index is 0.180. The number of hydrogen-bond acceptors (Lipinski definition) is 9. The number of nitro groups is 1. The van der Waals surface area contributed by atoms with E-state index in [1.165, 1.54) is 18.2 Å². The van der Waals surface area contributed by atoms with Crippen molar-refractivity contribution in [2.45, 2.75) is 38.6 Å².